The molecule has 3 heterocycles. The Morgan fingerprint density at radius 2 is 1.97 bits per heavy atom. The third-order valence-electron chi connectivity index (χ3n) is 8.15. The summed E-state index contributed by atoms with van der Waals surface area (Å²) >= 11 is 0. The number of amides is 2. The van der Waals surface area contributed by atoms with Gasteiger partial charge in [0.1, 0.15) is 11.9 Å². The normalized spacial score (nSPS) is 35.0. The summed E-state index contributed by atoms with van der Waals surface area (Å²) in [6, 6.07) is 7.73. The van der Waals surface area contributed by atoms with Crippen LogP contribution in [-0.2, 0) is 9.59 Å². The first-order chi connectivity index (χ1) is 15.5. The van der Waals surface area contributed by atoms with Gasteiger partial charge in [-0.05, 0) is 61.6 Å². The van der Waals surface area contributed by atoms with E-state index in [4.69, 9.17) is 5.73 Å². The highest BCUT2D eigenvalue weighted by atomic mass is 19.1. The van der Waals surface area contributed by atoms with Crippen LogP contribution in [0, 0.1) is 29.0 Å². The van der Waals surface area contributed by atoms with Gasteiger partial charge in [0, 0.05) is 25.2 Å². The summed E-state index contributed by atoms with van der Waals surface area (Å²) in [7, 11) is 0. The molecule has 1 unspecified atom stereocenters. The van der Waals surface area contributed by atoms with E-state index in [1.54, 1.807) is 17.0 Å². The minimum absolute atomic E-state index is 0.00309. The number of carbonyl (C=O) groups is 2. The fourth-order valence-electron chi connectivity index (χ4n) is 6.40. The molecule has 0 radical (unpaired) electrons. The van der Waals surface area contributed by atoms with E-state index in [2.05, 4.69) is 11.0 Å². The van der Waals surface area contributed by atoms with Crippen molar-refractivity contribution in [2.45, 2.75) is 68.4 Å². The number of likely N-dealkylation sites (tertiary alicyclic amines) is 3. The van der Waals surface area contributed by atoms with Gasteiger partial charge in [0.05, 0.1) is 24.2 Å². The average molecular weight is 438 g/mol. The van der Waals surface area contributed by atoms with Crippen LogP contribution in [-0.4, -0.2) is 69.8 Å². The molecule has 5 aliphatic rings. The number of nitrogens with two attached hydrogens (primary N) is 1. The molecule has 3 saturated heterocycles. The maximum Gasteiger partial charge on any atom is 0.242 e. The quantitative estimate of drug-likeness (QED) is 0.726. The van der Waals surface area contributed by atoms with E-state index in [0.717, 1.165) is 37.7 Å². The van der Waals surface area contributed by atoms with Gasteiger partial charge in [-0.2, -0.15) is 5.26 Å². The van der Waals surface area contributed by atoms with Crippen LogP contribution < -0.4 is 5.73 Å². The molecule has 7 nitrogen and oxygen atoms in total. The molecule has 2 aliphatic carbocycles. The number of fused-ring (bicyclic) bond motifs is 3. The summed E-state index contributed by atoms with van der Waals surface area (Å²) in [4.78, 5) is 32.2. The predicted molar refractivity (Wildman–Crippen MR) is 113 cm³/mol. The number of nitrogens with zero attached hydrogens (tertiary/aromatic N) is 4. The number of hydrogen-bond acceptors (Lipinski definition) is 5. The van der Waals surface area contributed by atoms with Crippen LogP contribution in [0.15, 0.2) is 24.3 Å². The Bertz CT molecular complexity index is 989. The molecule has 2 N–H and O–H groups in total. The summed E-state index contributed by atoms with van der Waals surface area (Å²) in [6.45, 7) is 1.05. The third kappa shape index (κ3) is 3.13. The van der Waals surface area contributed by atoms with Crippen molar-refractivity contribution in [3.05, 3.63) is 35.6 Å². The largest absolute Gasteiger partial charge is 0.330 e. The molecular formula is C24H28FN5O2. The van der Waals surface area contributed by atoms with E-state index in [-0.39, 0.29) is 47.8 Å². The van der Waals surface area contributed by atoms with E-state index < -0.39 is 6.04 Å². The molecule has 1 aromatic rings. The topological polar surface area (TPSA) is 93.7 Å². The Hall–Kier alpha value is -2.50. The summed E-state index contributed by atoms with van der Waals surface area (Å²) in [6.07, 6.45) is 4.66. The molecular weight excluding hydrogens is 409 g/mol. The Morgan fingerprint density at radius 1 is 1.22 bits per heavy atom. The molecule has 0 aromatic heterocycles. The highest BCUT2D eigenvalue weighted by molar-refractivity contribution is 5.87. The summed E-state index contributed by atoms with van der Waals surface area (Å²) in [5.41, 5.74) is 7.31. The van der Waals surface area contributed by atoms with Gasteiger partial charge in [0.25, 0.3) is 0 Å². The third-order valence-corrected chi connectivity index (χ3v) is 8.15. The average Bonchev–Trinajstić information content (AvgIpc) is 3.67. The summed E-state index contributed by atoms with van der Waals surface area (Å²) in [5, 5.41) is 9.38. The van der Waals surface area contributed by atoms with Gasteiger partial charge in [-0.3, -0.25) is 14.5 Å². The van der Waals surface area contributed by atoms with Crippen LogP contribution in [0.1, 0.15) is 43.7 Å². The number of piperazine rings is 1. The van der Waals surface area contributed by atoms with Gasteiger partial charge in [-0.1, -0.05) is 12.1 Å². The van der Waals surface area contributed by atoms with Crippen LogP contribution in [0.25, 0.3) is 0 Å². The van der Waals surface area contributed by atoms with Crippen LogP contribution in [0.5, 0.6) is 0 Å². The molecule has 7 atom stereocenters. The first kappa shape index (κ1) is 20.1. The van der Waals surface area contributed by atoms with Crippen molar-refractivity contribution >= 4 is 11.8 Å². The second kappa shape index (κ2) is 7.26. The second-order valence-electron chi connectivity index (χ2n) is 10.2. The van der Waals surface area contributed by atoms with Crippen molar-refractivity contribution < 1.29 is 14.0 Å². The van der Waals surface area contributed by atoms with Crippen molar-refractivity contribution in [1.29, 1.82) is 5.26 Å². The molecule has 2 saturated carbocycles. The minimum Gasteiger partial charge on any atom is -0.330 e. The molecule has 2 bridgehead atoms. The zero-order valence-electron chi connectivity index (χ0n) is 17.9. The lowest BCUT2D eigenvalue weighted by Crippen LogP contribution is -2.57. The van der Waals surface area contributed by atoms with Crippen molar-refractivity contribution in [2.75, 3.05) is 13.1 Å². The number of piperidine rings is 1. The fraction of sp³-hybridized carbons (Fsp3) is 0.625. The zero-order chi connectivity index (χ0) is 22.1. The first-order valence-electron chi connectivity index (χ1n) is 11.8. The number of rotatable bonds is 6. The smallest absolute Gasteiger partial charge is 0.242 e. The summed E-state index contributed by atoms with van der Waals surface area (Å²) in [5.74, 6) is 0.568. The maximum atomic E-state index is 13.4. The molecule has 3 aliphatic heterocycles. The molecule has 1 aromatic carbocycles. The van der Waals surface area contributed by atoms with Crippen molar-refractivity contribution in [3.8, 4) is 6.07 Å². The Balaban J connectivity index is 1.14. The van der Waals surface area contributed by atoms with Crippen LogP contribution in [0.2, 0.25) is 0 Å². The van der Waals surface area contributed by atoms with Crippen molar-refractivity contribution in [1.82, 2.24) is 14.7 Å². The van der Waals surface area contributed by atoms with Crippen LogP contribution >= 0.6 is 0 Å². The monoisotopic (exact) mass is 437 g/mol. The lowest BCUT2D eigenvalue weighted by molar-refractivity contribution is -0.142. The second-order valence-corrected chi connectivity index (χ2v) is 10.2. The molecule has 2 amide bonds. The maximum absolute atomic E-state index is 13.4. The van der Waals surface area contributed by atoms with Gasteiger partial charge in [-0.15, -0.1) is 0 Å². The highest BCUT2D eigenvalue weighted by Gasteiger charge is 2.57. The van der Waals surface area contributed by atoms with E-state index in [9.17, 15) is 19.2 Å². The van der Waals surface area contributed by atoms with Gasteiger partial charge >= 0.3 is 0 Å². The minimum atomic E-state index is -0.720. The number of nitriles is 1. The lowest BCUT2D eigenvalue weighted by atomic mass is 9.99. The predicted octanol–water partition coefficient (Wildman–Crippen LogP) is 1.40. The van der Waals surface area contributed by atoms with E-state index >= 15 is 0 Å². The fourth-order valence-corrected chi connectivity index (χ4v) is 6.40. The molecule has 0 spiro atoms. The van der Waals surface area contributed by atoms with Crippen LogP contribution in [0.4, 0.5) is 4.39 Å². The Morgan fingerprint density at radius 3 is 2.62 bits per heavy atom. The number of halogens is 1. The summed E-state index contributed by atoms with van der Waals surface area (Å²) < 4.78 is 13.4. The standard InChI is InChI=1S/C24H28FN5O2/c25-16-5-3-14(4-6-16)22(13-1-2-13)30-18-9-21(24(30)32)28(11-18)12-19(27)23(31)29-17(10-26)7-15-8-20(15)29/h3-6,13,15,17-22H,1-2,7-9,11-12,27H2/t15-,17+,18-,19+,20?,21-,22+/m1/s1. The van der Waals surface area contributed by atoms with Gasteiger partial charge in [0.15, 0.2) is 0 Å². The molecule has 5 fully saturated rings. The zero-order valence-corrected chi connectivity index (χ0v) is 17.9. The number of benzene rings is 1. The molecule has 32 heavy (non-hydrogen) atoms. The molecule has 6 rings (SSSR count). The van der Waals surface area contributed by atoms with Crippen molar-refractivity contribution in [2.24, 2.45) is 17.6 Å². The number of carbonyl (C=O) groups excluding carboxylic acids is 2. The first-order valence-corrected chi connectivity index (χ1v) is 11.8. The van der Waals surface area contributed by atoms with E-state index in [0.29, 0.717) is 24.9 Å². The number of hydrogen-bond donors (Lipinski definition) is 1. The Kier molecular flexibility index (Phi) is 4.57. The van der Waals surface area contributed by atoms with Crippen LogP contribution in [0.3, 0.4) is 0 Å². The van der Waals surface area contributed by atoms with Crippen molar-refractivity contribution in [3.63, 3.8) is 0 Å². The van der Waals surface area contributed by atoms with Gasteiger partial charge in [-0.25, -0.2) is 4.39 Å². The molecule has 168 valence electrons. The lowest BCUT2D eigenvalue weighted by Gasteiger charge is -2.40. The van der Waals surface area contributed by atoms with E-state index in [1.807, 2.05) is 4.90 Å². The Labute approximate surface area is 186 Å². The van der Waals surface area contributed by atoms with Gasteiger partial charge in [0.2, 0.25) is 11.8 Å². The highest BCUT2D eigenvalue weighted by Crippen LogP contribution is 2.50. The molecule has 8 heteroatoms. The van der Waals surface area contributed by atoms with E-state index in [1.165, 1.54) is 12.1 Å². The van der Waals surface area contributed by atoms with Gasteiger partial charge < -0.3 is 15.5 Å². The SMILES string of the molecule is N#C[C@@H]1C[C@@H]2CC2N1C(=O)[C@@H](N)CN1C[C@H]2C[C@@H]1C(=O)N2[C@H](c1ccc(F)cc1)C1CC1.